The summed E-state index contributed by atoms with van der Waals surface area (Å²) >= 11 is 5.91. The molecule has 0 aliphatic carbocycles. The number of nitrogens with one attached hydrogen (secondary N) is 1. The van der Waals surface area contributed by atoms with Crippen LogP contribution in [0.4, 0.5) is 8.78 Å². The number of aryl methyl sites for hydroxylation is 1. The molecule has 0 saturated carbocycles. The third-order valence-corrected chi connectivity index (χ3v) is 3.54. The van der Waals surface area contributed by atoms with E-state index in [1.165, 1.54) is 6.07 Å². The van der Waals surface area contributed by atoms with Crippen LogP contribution in [0.25, 0.3) is 0 Å². The second-order valence-corrected chi connectivity index (χ2v) is 5.81. The first-order chi connectivity index (χ1) is 8.90. The average molecular weight is 290 g/mol. The SMILES string of the molecule is CC(CCNC(C)C)CCc1cc(F)c(F)cc1Cl. The fraction of sp³-hybridized carbons (Fsp3) is 0.600. The third kappa shape index (κ3) is 5.87. The molecule has 1 aromatic carbocycles. The summed E-state index contributed by atoms with van der Waals surface area (Å²) in [5.41, 5.74) is 0.684. The molecule has 1 rings (SSSR count). The summed E-state index contributed by atoms with van der Waals surface area (Å²) in [6.07, 6.45) is 2.67. The van der Waals surface area contributed by atoms with Gasteiger partial charge in [-0.3, -0.25) is 0 Å². The Morgan fingerprint density at radius 1 is 1.11 bits per heavy atom. The van der Waals surface area contributed by atoms with Crippen LogP contribution in [0, 0.1) is 17.6 Å². The van der Waals surface area contributed by atoms with E-state index >= 15 is 0 Å². The van der Waals surface area contributed by atoms with Gasteiger partial charge in [-0.25, -0.2) is 8.78 Å². The molecule has 1 nitrogen and oxygen atoms in total. The monoisotopic (exact) mass is 289 g/mol. The molecule has 0 aliphatic rings. The molecule has 0 fully saturated rings. The lowest BCUT2D eigenvalue weighted by Gasteiger charge is -2.14. The Kier molecular flexibility index (Phi) is 6.73. The van der Waals surface area contributed by atoms with Crippen molar-refractivity contribution >= 4 is 11.6 Å². The smallest absolute Gasteiger partial charge is 0.160 e. The molecule has 0 spiro atoms. The maximum atomic E-state index is 13.1. The van der Waals surface area contributed by atoms with E-state index in [0.29, 0.717) is 29.0 Å². The first kappa shape index (κ1) is 16.4. The maximum Gasteiger partial charge on any atom is 0.160 e. The van der Waals surface area contributed by atoms with E-state index in [-0.39, 0.29) is 0 Å². The Hall–Kier alpha value is -0.670. The van der Waals surface area contributed by atoms with Gasteiger partial charge in [0.1, 0.15) is 0 Å². The van der Waals surface area contributed by atoms with Gasteiger partial charge in [-0.2, -0.15) is 0 Å². The van der Waals surface area contributed by atoms with E-state index in [9.17, 15) is 8.78 Å². The average Bonchev–Trinajstić information content (AvgIpc) is 2.31. The summed E-state index contributed by atoms with van der Waals surface area (Å²) in [4.78, 5) is 0. The molecular formula is C15H22ClF2N. The van der Waals surface area contributed by atoms with Gasteiger partial charge in [0.2, 0.25) is 0 Å². The Labute approximate surface area is 119 Å². The third-order valence-electron chi connectivity index (χ3n) is 3.19. The maximum absolute atomic E-state index is 13.1. The molecule has 4 heteroatoms. The number of benzene rings is 1. The number of hydrogen-bond donors (Lipinski definition) is 1. The minimum absolute atomic E-state index is 0.311. The summed E-state index contributed by atoms with van der Waals surface area (Å²) in [6, 6.07) is 2.75. The lowest BCUT2D eigenvalue weighted by atomic mass is 9.98. The molecule has 1 unspecified atom stereocenters. The minimum Gasteiger partial charge on any atom is -0.315 e. The predicted octanol–water partition coefficient (Wildman–Crippen LogP) is 4.58. The molecule has 0 heterocycles. The van der Waals surface area contributed by atoms with E-state index < -0.39 is 11.6 Å². The summed E-state index contributed by atoms with van der Waals surface area (Å²) in [5.74, 6) is -1.19. The number of rotatable bonds is 7. The molecule has 1 atom stereocenters. The lowest BCUT2D eigenvalue weighted by molar-refractivity contribution is 0.452. The van der Waals surface area contributed by atoms with Gasteiger partial charge in [0.25, 0.3) is 0 Å². The molecule has 0 saturated heterocycles. The number of halogens is 3. The summed E-state index contributed by atoms with van der Waals surface area (Å²) < 4.78 is 26.1. The highest BCUT2D eigenvalue weighted by Crippen LogP contribution is 2.23. The summed E-state index contributed by atoms with van der Waals surface area (Å²) in [7, 11) is 0. The lowest BCUT2D eigenvalue weighted by Crippen LogP contribution is -2.25. The zero-order valence-electron chi connectivity index (χ0n) is 11.8. The van der Waals surface area contributed by atoms with Crippen LogP contribution in [-0.2, 0) is 6.42 Å². The van der Waals surface area contributed by atoms with E-state index in [1.54, 1.807) is 0 Å². The van der Waals surface area contributed by atoms with Crippen LogP contribution in [0.2, 0.25) is 5.02 Å². The Balaban J connectivity index is 2.42. The van der Waals surface area contributed by atoms with Crippen molar-refractivity contribution in [3.63, 3.8) is 0 Å². The van der Waals surface area contributed by atoms with Crippen molar-refractivity contribution in [2.45, 2.75) is 46.1 Å². The van der Waals surface area contributed by atoms with Crippen molar-refractivity contribution in [1.29, 1.82) is 0 Å². The molecule has 0 aromatic heterocycles. The molecule has 0 bridgehead atoms. The Bertz CT molecular complexity index is 407. The van der Waals surface area contributed by atoms with Gasteiger partial charge < -0.3 is 5.32 Å². The van der Waals surface area contributed by atoms with E-state index in [1.807, 2.05) is 0 Å². The molecule has 19 heavy (non-hydrogen) atoms. The van der Waals surface area contributed by atoms with Crippen molar-refractivity contribution in [2.75, 3.05) is 6.54 Å². The highest BCUT2D eigenvalue weighted by Gasteiger charge is 2.10. The second kappa shape index (κ2) is 7.81. The highest BCUT2D eigenvalue weighted by atomic mass is 35.5. The van der Waals surface area contributed by atoms with Gasteiger partial charge in [0.05, 0.1) is 0 Å². The number of hydrogen-bond acceptors (Lipinski definition) is 1. The van der Waals surface area contributed by atoms with Crippen LogP contribution in [0.5, 0.6) is 0 Å². The fourth-order valence-corrected chi connectivity index (χ4v) is 2.16. The highest BCUT2D eigenvalue weighted by molar-refractivity contribution is 6.31. The molecule has 1 aromatic rings. The zero-order chi connectivity index (χ0) is 14.4. The van der Waals surface area contributed by atoms with Gasteiger partial charge in [-0.05, 0) is 49.4 Å². The standard InChI is InChI=1S/C15H22ClF2N/c1-10(2)19-7-6-11(3)4-5-12-8-14(17)15(18)9-13(12)16/h8-11,19H,4-7H2,1-3H3. The van der Waals surface area contributed by atoms with E-state index in [2.05, 4.69) is 26.1 Å². The van der Waals surface area contributed by atoms with Gasteiger partial charge in [0, 0.05) is 11.1 Å². The molecule has 108 valence electrons. The minimum atomic E-state index is -0.886. The van der Waals surface area contributed by atoms with Crippen molar-refractivity contribution < 1.29 is 8.78 Å². The first-order valence-corrected chi connectivity index (χ1v) is 7.14. The van der Waals surface area contributed by atoms with Crippen molar-refractivity contribution in [1.82, 2.24) is 5.32 Å². The van der Waals surface area contributed by atoms with Crippen LogP contribution < -0.4 is 5.32 Å². The molecule has 1 N–H and O–H groups in total. The second-order valence-electron chi connectivity index (χ2n) is 5.40. The summed E-state index contributed by atoms with van der Waals surface area (Å²) in [6.45, 7) is 7.37. The topological polar surface area (TPSA) is 12.0 Å². The van der Waals surface area contributed by atoms with Crippen molar-refractivity contribution in [3.05, 3.63) is 34.4 Å². The fourth-order valence-electron chi connectivity index (χ4n) is 1.92. The van der Waals surface area contributed by atoms with Crippen LogP contribution in [0.1, 0.15) is 39.2 Å². The van der Waals surface area contributed by atoms with Gasteiger partial charge in [0.15, 0.2) is 11.6 Å². The molecular weight excluding hydrogens is 268 g/mol. The predicted molar refractivity (Wildman–Crippen MR) is 76.6 cm³/mol. The van der Waals surface area contributed by atoms with Crippen LogP contribution >= 0.6 is 11.6 Å². The van der Waals surface area contributed by atoms with Crippen molar-refractivity contribution in [2.24, 2.45) is 5.92 Å². The quantitative estimate of drug-likeness (QED) is 0.725. The van der Waals surface area contributed by atoms with Gasteiger partial charge >= 0.3 is 0 Å². The van der Waals surface area contributed by atoms with Gasteiger partial charge in [-0.1, -0.05) is 32.4 Å². The molecule has 0 aliphatic heterocycles. The Morgan fingerprint density at radius 2 is 1.74 bits per heavy atom. The van der Waals surface area contributed by atoms with Crippen molar-refractivity contribution in [3.8, 4) is 0 Å². The first-order valence-electron chi connectivity index (χ1n) is 6.77. The zero-order valence-corrected chi connectivity index (χ0v) is 12.5. The summed E-state index contributed by atoms with van der Waals surface area (Å²) in [5, 5.41) is 3.68. The van der Waals surface area contributed by atoms with Gasteiger partial charge in [-0.15, -0.1) is 0 Å². The largest absolute Gasteiger partial charge is 0.315 e. The van der Waals surface area contributed by atoms with Crippen LogP contribution in [0.15, 0.2) is 12.1 Å². The molecule has 0 amide bonds. The van der Waals surface area contributed by atoms with Crippen LogP contribution in [0.3, 0.4) is 0 Å². The Morgan fingerprint density at radius 3 is 2.37 bits per heavy atom. The van der Waals surface area contributed by atoms with E-state index in [4.69, 9.17) is 11.6 Å². The van der Waals surface area contributed by atoms with E-state index in [0.717, 1.165) is 25.5 Å². The normalized spacial score (nSPS) is 13.0. The molecule has 0 radical (unpaired) electrons. The van der Waals surface area contributed by atoms with Crippen LogP contribution in [-0.4, -0.2) is 12.6 Å².